The zero-order valence-electron chi connectivity index (χ0n) is 23.7. The highest BCUT2D eigenvalue weighted by Crippen LogP contribution is 2.42. The van der Waals surface area contributed by atoms with Gasteiger partial charge in [-0.15, -0.1) is 0 Å². The predicted octanol–water partition coefficient (Wildman–Crippen LogP) is 9.25. The minimum Gasteiger partial charge on any atom is -0.381 e. The second kappa shape index (κ2) is 10.2. The SMILES string of the molecule is N#CC1=CCNC(c2ccc(-c3ccc4ccc5c(-c6ccc(-c7cc(C#N)ccn7)cc6)ccc6ccc3c4c65)cc2)=C1. The van der Waals surface area contributed by atoms with Crippen molar-refractivity contribution in [1.82, 2.24) is 10.3 Å². The molecule has 0 atom stereocenters. The Morgan fingerprint density at radius 3 is 1.75 bits per heavy atom. The van der Waals surface area contributed by atoms with Crippen LogP contribution in [0.2, 0.25) is 0 Å². The van der Waals surface area contributed by atoms with Crippen molar-refractivity contribution in [3.05, 3.63) is 144 Å². The molecule has 4 nitrogen and oxygen atoms in total. The van der Waals surface area contributed by atoms with Crippen LogP contribution in [-0.4, -0.2) is 11.5 Å². The van der Waals surface area contributed by atoms with E-state index in [2.05, 4.69) is 120 Å². The summed E-state index contributed by atoms with van der Waals surface area (Å²) < 4.78 is 0. The van der Waals surface area contributed by atoms with Gasteiger partial charge in [0.05, 0.1) is 29.0 Å². The summed E-state index contributed by atoms with van der Waals surface area (Å²) in [5.41, 5.74) is 9.78. The molecule has 0 amide bonds. The average Bonchev–Trinajstić information content (AvgIpc) is 3.10. The number of hydrogen-bond donors (Lipinski definition) is 1. The second-order valence-electron chi connectivity index (χ2n) is 11.1. The molecule has 204 valence electrons. The van der Waals surface area contributed by atoms with E-state index in [9.17, 15) is 10.5 Å². The van der Waals surface area contributed by atoms with Gasteiger partial charge in [-0.25, -0.2) is 0 Å². The van der Waals surface area contributed by atoms with Crippen LogP contribution >= 0.6 is 0 Å². The van der Waals surface area contributed by atoms with Crippen LogP contribution in [0.1, 0.15) is 11.1 Å². The number of benzene rings is 6. The predicted molar refractivity (Wildman–Crippen MR) is 179 cm³/mol. The normalized spacial score (nSPS) is 12.9. The third-order valence-electron chi connectivity index (χ3n) is 8.60. The molecule has 8 rings (SSSR count). The molecule has 1 aliphatic rings. The van der Waals surface area contributed by atoms with E-state index in [0.717, 1.165) is 33.6 Å². The molecule has 2 heterocycles. The van der Waals surface area contributed by atoms with E-state index < -0.39 is 0 Å². The van der Waals surface area contributed by atoms with Crippen molar-refractivity contribution < 1.29 is 0 Å². The van der Waals surface area contributed by atoms with Crippen molar-refractivity contribution in [2.75, 3.05) is 6.54 Å². The highest BCUT2D eigenvalue weighted by Gasteiger charge is 2.15. The molecule has 0 aliphatic carbocycles. The topological polar surface area (TPSA) is 72.5 Å². The van der Waals surface area contributed by atoms with E-state index in [1.807, 2.05) is 18.2 Å². The smallest absolute Gasteiger partial charge is 0.0992 e. The van der Waals surface area contributed by atoms with Gasteiger partial charge in [-0.2, -0.15) is 10.5 Å². The molecular weight excluding hydrogens is 536 g/mol. The summed E-state index contributed by atoms with van der Waals surface area (Å²) in [4.78, 5) is 4.46. The third kappa shape index (κ3) is 4.18. The monoisotopic (exact) mass is 560 g/mol. The van der Waals surface area contributed by atoms with Crippen LogP contribution in [0.3, 0.4) is 0 Å². The number of rotatable bonds is 4. The average molecular weight is 561 g/mol. The molecule has 0 saturated carbocycles. The number of pyridine rings is 1. The Hall–Kier alpha value is -6.23. The van der Waals surface area contributed by atoms with Gasteiger partial charge in [-0.3, -0.25) is 4.98 Å². The number of nitriles is 2. The molecule has 7 aromatic rings. The van der Waals surface area contributed by atoms with Crippen LogP contribution in [0.5, 0.6) is 0 Å². The number of nitrogens with zero attached hydrogens (tertiary/aromatic N) is 3. The summed E-state index contributed by atoms with van der Waals surface area (Å²) in [6.07, 6.45) is 5.49. The molecular formula is C40H24N4. The van der Waals surface area contributed by atoms with Crippen molar-refractivity contribution in [3.8, 4) is 45.6 Å². The molecule has 0 spiro atoms. The van der Waals surface area contributed by atoms with E-state index >= 15 is 0 Å². The Bertz CT molecular complexity index is 2380. The zero-order valence-corrected chi connectivity index (χ0v) is 23.7. The second-order valence-corrected chi connectivity index (χ2v) is 11.1. The van der Waals surface area contributed by atoms with Crippen LogP contribution in [0.25, 0.3) is 71.5 Å². The minimum atomic E-state index is 0.603. The van der Waals surface area contributed by atoms with E-state index in [4.69, 9.17) is 0 Å². The molecule has 0 fully saturated rings. The van der Waals surface area contributed by atoms with Gasteiger partial charge in [0.2, 0.25) is 0 Å². The van der Waals surface area contributed by atoms with Gasteiger partial charge in [-0.1, -0.05) is 97.1 Å². The largest absolute Gasteiger partial charge is 0.381 e. The number of allylic oxidation sites excluding steroid dienone is 2. The Kier molecular flexibility index (Phi) is 5.93. The Balaban J connectivity index is 1.22. The fourth-order valence-corrected chi connectivity index (χ4v) is 6.41. The first-order valence-electron chi connectivity index (χ1n) is 14.5. The first-order valence-corrected chi connectivity index (χ1v) is 14.5. The lowest BCUT2D eigenvalue weighted by Gasteiger charge is -2.17. The van der Waals surface area contributed by atoms with Crippen LogP contribution in [0.4, 0.5) is 0 Å². The van der Waals surface area contributed by atoms with E-state index in [0.29, 0.717) is 17.7 Å². The molecule has 0 radical (unpaired) electrons. The van der Waals surface area contributed by atoms with Crippen molar-refractivity contribution >= 4 is 38.0 Å². The number of nitrogens with one attached hydrogen (secondary N) is 1. The molecule has 1 N–H and O–H groups in total. The zero-order chi connectivity index (χ0) is 29.6. The van der Waals surface area contributed by atoms with Gasteiger partial charge in [0.25, 0.3) is 0 Å². The summed E-state index contributed by atoms with van der Waals surface area (Å²) in [5.74, 6) is 0. The summed E-state index contributed by atoms with van der Waals surface area (Å²) in [5, 5.41) is 29.4. The minimum absolute atomic E-state index is 0.603. The van der Waals surface area contributed by atoms with Crippen LogP contribution in [0.15, 0.2) is 133 Å². The third-order valence-corrected chi connectivity index (χ3v) is 8.60. The fraction of sp³-hybridized carbons (Fsp3) is 0.0250. The molecule has 4 heteroatoms. The highest BCUT2D eigenvalue weighted by molar-refractivity contribution is 6.27. The van der Waals surface area contributed by atoms with Crippen LogP contribution < -0.4 is 5.32 Å². The summed E-state index contributed by atoms with van der Waals surface area (Å²) in [6.45, 7) is 0.658. The van der Waals surface area contributed by atoms with E-state index in [1.54, 1.807) is 12.3 Å². The summed E-state index contributed by atoms with van der Waals surface area (Å²) in [7, 11) is 0. The lowest BCUT2D eigenvalue weighted by atomic mass is 9.87. The van der Waals surface area contributed by atoms with E-state index in [-0.39, 0.29) is 0 Å². The van der Waals surface area contributed by atoms with Gasteiger partial charge >= 0.3 is 0 Å². The lowest BCUT2D eigenvalue weighted by Crippen LogP contribution is -2.15. The quantitative estimate of drug-likeness (QED) is 0.218. The first kappa shape index (κ1) is 25.5. The summed E-state index contributed by atoms with van der Waals surface area (Å²) >= 11 is 0. The van der Waals surface area contributed by atoms with Gasteiger partial charge in [0, 0.05) is 24.0 Å². The lowest BCUT2D eigenvalue weighted by molar-refractivity contribution is 0.988. The maximum atomic E-state index is 9.32. The van der Waals surface area contributed by atoms with Crippen molar-refractivity contribution in [2.24, 2.45) is 0 Å². The molecule has 0 saturated heterocycles. The van der Waals surface area contributed by atoms with Gasteiger partial charge in [-0.05, 0) is 84.4 Å². The van der Waals surface area contributed by atoms with Crippen LogP contribution in [-0.2, 0) is 0 Å². The molecule has 1 aromatic heterocycles. The number of hydrogen-bond acceptors (Lipinski definition) is 4. The molecule has 44 heavy (non-hydrogen) atoms. The van der Waals surface area contributed by atoms with Crippen LogP contribution in [0, 0.1) is 22.7 Å². The number of aromatic nitrogens is 1. The Morgan fingerprint density at radius 1 is 0.591 bits per heavy atom. The van der Waals surface area contributed by atoms with Gasteiger partial charge < -0.3 is 5.32 Å². The number of dihydropyridines is 1. The van der Waals surface area contributed by atoms with Crippen molar-refractivity contribution in [1.29, 1.82) is 10.5 Å². The van der Waals surface area contributed by atoms with E-state index in [1.165, 1.54) is 43.4 Å². The highest BCUT2D eigenvalue weighted by atomic mass is 14.9. The fourth-order valence-electron chi connectivity index (χ4n) is 6.41. The Labute approximate surface area is 254 Å². The van der Waals surface area contributed by atoms with Gasteiger partial charge in [0.15, 0.2) is 0 Å². The first-order chi connectivity index (χ1) is 21.7. The van der Waals surface area contributed by atoms with Crippen molar-refractivity contribution in [2.45, 2.75) is 0 Å². The Morgan fingerprint density at radius 2 is 1.16 bits per heavy atom. The maximum Gasteiger partial charge on any atom is 0.0992 e. The molecule has 1 aliphatic heterocycles. The molecule has 6 aromatic carbocycles. The summed E-state index contributed by atoms with van der Waals surface area (Å²) in [6, 6.07) is 42.8. The molecule has 0 bridgehead atoms. The molecule has 0 unspecified atom stereocenters. The van der Waals surface area contributed by atoms with Gasteiger partial charge in [0.1, 0.15) is 0 Å². The standard InChI is InChI=1S/C40H24N4/c41-23-25-17-19-43-37(21-25)29-5-1-27(2-6-29)33-13-9-31-12-16-36-34(14-10-32-11-15-35(33)39(31)40(32)36)28-3-7-30(8-4-28)38-22-26(24-42)18-20-44-38/h1-19,21-22,44H,20H2. The van der Waals surface area contributed by atoms with Crippen molar-refractivity contribution in [3.63, 3.8) is 0 Å². The maximum absolute atomic E-state index is 9.32.